The number of hydrogen-bond donors (Lipinski definition) is 1. The van der Waals surface area contributed by atoms with Gasteiger partial charge in [0, 0.05) is 40.7 Å². The number of nitrogen functional groups attached to an aromatic ring is 1. The highest BCUT2D eigenvalue weighted by Gasteiger charge is 2.25. The first kappa shape index (κ1) is 14.8. The van der Waals surface area contributed by atoms with Crippen LogP contribution in [-0.4, -0.2) is 48.4 Å². The van der Waals surface area contributed by atoms with Crippen molar-refractivity contribution in [1.29, 1.82) is 0 Å². The summed E-state index contributed by atoms with van der Waals surface area (Å²) in [6.45, 7) is 6.64. The third-order valence-electron chi connectivity index (χ3n) is 3.99. The molecule has 1 fully saturated rings. The molecule has 1 aliphatic rings. The molecule has 3 rings (SSSR count). The number of benzene rings is 1. The van der Waals surface area contributed by atoms with Gasteiger partial charge in [-0.1, -0.05) is 22.9 Å². The van der Waals surface area contributed by atoms with Crippen molar-refractivity contribution < 1.29 is 4.79 Å². The third-order valence-corrected chi connectivity index (χ3v) is 5.66. The summed E-state index contributed by atoms with van der Waals surface area (Å²) < 4.78 is 2.04. The van der Waals surface area contributed by atoms with Gasteiger partial charge in [-0.25, -0.2) is 0 Å². The lowest BCUT2D eigenvalue weighted by atomic mass is 10.2. The predicted octanol–water partition coefficient (Wildman–Crippen LogP) is 3.02. The van der Waals surface area contributed by atoms with Crippen molar-refractivity contribution in [1.82, 2.24) is 9.80 Å². The van der Waals surface area contributed by atoms with Crippen molar-refractivity contribution in [2.45, 2.75) is 6.92 Å². The van der Waals surface area contributed by atoms with Crippen molar-refractivity contribution in [3.8, 4) is 0 Å². The zero-order valence-corrected chi connectivity index (χ0v) is 14.3. The lowest BCUT2D eigenvalue weighted by Gasteiger charge is -2.33. The largest absolute Gasteiger partial charge is 0.397 e. The fourth-order valence-electron chi connectivity index (χ4n) is 2.66. The monoisotopic (exact) mass is 367 g/mol. The summed E-state index contributed by atoms with van der Waals surface area (Å²) in [5.41, 5.74) is 6.81. The molecule has 1 aromatic heterocycles. The minimum Gasteiger partial charge on any atom is -0.397 e. The molecule has 0 saturated carbocycles. The van der Waals surface area contributed by atoms with Gasteiger partial charge in [-0.2, -0.15) is 0 Å². The Kier molecular flexibility index (Phi) is 4.19. The number of nitrogens with zero attached hydrogens (tertiary/aromatic N) is 2. The zero-order chi connectivity index (χ0) is 15.0. The second kappa shape index (κ2) is 5.94. The van der Waals surface area contributed by atoms with Gasteiger partial charge in [0.2, 0.25) is 0 Å². The minimum absolute atomic E-state index is 0.0700. The Morgan fingerprint density at radius 3 is 2.71 bits per heavy atom. The molecule has 1 aliphatic heterocycles. The van der Waals surface area contributed by atoms with Crippen LogP contribution in [-0.2, 0) is 0 Å². The number of amides is 1. The van der Waals surface area contributed by atoms with E-state index in [1.165, 1.54) is 11.3 Å². The summed E-state index contributed by atoms with van der Waals surface area (Å²) in [7, 11) is 0. The smallest absolute Gasteiger partial charge is 0.266 e. The maximum absolute atomic E-state index is 12.7. The number of hydrogen-bond acceptors (Lipinski definition) is 4. The Morgan fingerprint density at radius 1 is 1.33 bits per heavy atom. The first-order valence-electron chi connectivity index (χ1n) is 7.09. The van der Waals surface area contributed by atoms with Crippen molar-refractivity contribution >= 4 is 48.9 Å². The average Bonchev–Trinajstić information content (AvgIpc) is 2.83. The number of carbonyl (C=O) groups is 1. The van der Waals surface area contributed by atoms with Crippen LogP contribution in [0.2, 0.25) is 0 Å². The standard InChI is InChI=1S/C15H18BrN3OS/c1-2-18-5-7-19(8-6-18)15(20)14-13(17)11-9-10(16)3-4-12(11)21-14/h3-4,9H,2,5-8,17H2,1H3. The van der Waals surface area contributed by atoms with Gasteiger partial charge in [0.1, 0.15) is 4.88 Å². The quantitative estimate of drug-likeness (QED) is 0.887. The maximum atomic E-state index is 12.7. The van der Waals surface area contributed by atoms with Gasteiger partial charge < -0.3 is 15.5 Å². The maximum Gasteiger partial charge on any atom is 0.266 e. The van der Waals surface area contributed by atoms with Crippen LogP contribution < -0.4 is 5.73 Å². The Balaban J connectivity index is 1.87. The summed E-state index contributed by atoms with van der Waals surface area (Å²) >= 11 is 4.94. The zero-order valence-electron chi connectivity index (χ0n) is 11.9. The van der Waals surface area contributed by atoms with Gasteiger partial charge in [-0.15, -0.1) is 11.3 Å². The number of halogens is 1. The Morgan fingerprint density at radius 2 is 2.05 bits per heavy atom. The van der Waals surface area contributed by atoms with Crippen molar-refractivity contribution in [2.75, 3.05) is 38.5 Å². The van der Waals surface area contributed by atoms with Crippen LogP contribution in [0, 0.1) is 0 Å². The van der Waals surface area contributed by atoms with Crippen LogP contribution in [0.4, 0.5) is 5.69 Å². The van der Waals surface area contributed by atoms with E-state index in [9.17, 15) is 4.79 Å². The second-order valence-electron chi connectivity index (χ2n) is 5.21. The number of anilines is 1. The van der Waals surface area contributed by atoms with Crippen LogP contribution >= 0.6 is 27.3 Å². The Labute approximate surface area is 136 Å². The SMILES string of the molecule is CCN1CCN(C(=O)c2sc3ccc(Br)cc3c2N)CC1. The molecular weight excluding hydrogens is 350 g/mol. The van der Waals surface area contributed by atoms with Crippen LogP contribution in [0.1, 0.15) is 16.6 Å². The predicted molar refractivity (Wildman–Crippen MR) is 92.0 cm³/mol. The van der Waals surface area contributed by atoms with Crippen LogP contribution in [0.3, 0.4) is 0 Å². The summed E-state index contributed by atoms with van der Waals surface area (Å²) in [5, 5.41) is 0.963. The van der Waals surface area contributed by atoms with E-state index in [2.05, 4.69) is 27.8 Å². The molecule has 2 aromatic rings. The Hall–Kier alpha value is -1.11. The first-order valence-corrected chi connectivity index (χ1v) is 8.70. The van der Waals surface area contributed by atoms with Crippen molar-refractivity contribution in [3.63, 3.8) is 0 Å². The van der Waals surface area contributed by atoms with Crippen molar-refractivity contribution in [3.05, 3.63) is 27.5 Å². The lowest BCUT2D eigenvalue weighted by molar-refractivity contribution is 0.0649. The molecule has 1 saturated heterocycles. The number of thiophene rings is 1. The molecule has 1 amide bonds. The number of fused-ring (bicyclic) bond motifs is 1. The molecule has 21 heavy (non-hydrogen) atoms. The van der Waals surface area contributed by atoms with E-state index in [1.54, 1.807) is 0 Å². The molecule has 0 atom stereocenters. The Bertz CT molecular complexity index is 677. The minimum atomic E-state index is 0.0700. The van der Waals surface area contributed by atoms with E-state index < -0.39 is 0 Å². The van der Waals surface area contributed by atoms with E-state index in [0.29, 0.717) is 10.6 Å². The number of rotatable bonds is 2. The number of likely N-dealkylation sites (N-methyl/N-ethyl adjacent to an activating group) is 1. The van der Waals surface area contributed by atoms with Crippen LogP contribution in [0.15, 0.2) is 22.7 Å². The summed E-state index contributed by atoms with van der Waals surface area (Å²) in [5.74, 6) is 0.0700. The van der Waals surface area contributed by atoms with Crippen LogP contribution in [0.25, 0.3) is 10.1 Å². The number of piperazine rings is 1. The molecular formula is C15H18BrN3OS. The normalized spacial score (nSPS) is 16.6. The molecule has 0 aliphatic carbocycles. The summed E-state index contributed by atoms with van der Waals surface area (Å²) in [6, 6.07) is 5.96. The highest BCUT2D eigenvalue weighted by Crippen LogP contribution is 2.36. The first-order chi connectivity index (χ1) is 10.1. The van der Waals surface area contributed by atoms with E-state index in [4.69, 9.17) is 5.73 Å². The molecule has 0 unspecified atom stereocenters. The van der Waals surface area contributed by atoms with Gasteiger partial charge in [0.25, 0.3) is 5.91 Å². The van der Waals surface area contributed by atoms with Gasteiger partial charge in [-0.3, -0.25) is 4.79 Å². The topological polar surface area (TPSA) is 49.6 Å². The highest BCUT2D eigenvalue weighted by molar-refractivity contribution is 9.10. The average molecular weight is 368 g/mol. The van der Waals surface area contributed by atoms with E-state index in [1.807, 2.05) is 23.1 Å². The third kappa shape index (κ3) is 2.80. The number of nitrogens with two attached hydrogens (primary N) is 1. The molecule has 4 nitrogen and oxygen atoms in total. The van der Waals surface area contributed by atoms with Gasteiger partial charge in [-0.05, 0) is 24.7 Å². The summed E-state index contributed by atoms with van der Waals surface area (Å²) in [4.78, 5) is 17.6. The van der Waals surface area contributed by atoms with Crippen LogP contribution in [0.5, 0.6) is 0 Å². The van der Waals surface area contributed by atoms with Crippen molar-refractivity contribution in [2.24, 2.45) is 0 Å². The summed E-state index contributed by atoms with van der Waals surface area (Å²) in [6.07, 6.45) is 0. The molecule has 0 radical (unpaired) electrons. The van der Waals surface area contributed by atoms with Gasteiger partial charge >= 0.3 is 0 Å². The molecule has 0 spiro atoms. The molecule has 112 valence electrons. The fourth-order valence-corrected chi connectivity index (χ4v) is 4.09. The molecule has 6 heteroatoms. The highest BCUT2D eigenvalue weighted by atomic mass is 79.9. The van der Waals surface area contributed by atoms with E-state index >= 15 is 0 Å². The fraction of sp³-hybridized carbons (Fsp3) is 0.400. The molecule has 2 N–H and O–H groups in total. The lowest BCUT2D eigenvalue weighted by Crippen LogP contribution is -2.48. The molecule has 1 aromatic carbocycles. The van der Waals surface area contributed by atoms with E-state index in [-0.39, 0.29) is 5.91 Å². The van der Waals surface area contributed by atoms with E-state index in [0.717, 1.165) is 47.3 Å². The molecule has 0 bridgehead atoms. The second-order valence-corrected chi connectivity index (χ2v) is 7.18. The number of carbonyl (C=O) groups excluding carboxylic acids is 1. The van der Waals surface area contributed by atoms with Gasteiger partial charge in [0.15, 0.2) is 0 Å². The van der Waals surface area contributed by atoms with Gasteiger partial charge in [0.05, 0.1) is 5.69 Å². The molecule has 2 heterocycles.